The zero-order chi connectivity index (χ0) is 8.81. The van der Waals surface area contributed by atoms with Crippen LogP contribution in [0.4, 0.5) is 0 Å². The minimum Gasteiger partial charge on any atom is -0.307 e. The molecule has 1 aromatic carbocycles. The number of alkyl halides is 1. The van der Waals surface area contributed by atoms with E-state index in [0.29, 0.717) is 0 Å². The fourth-order valence-corrected chi connectivity index (χ4v) is 1.33. The summed E-state index contributed by atoms with van der Waals surface area (Å²) in [6.45, 7) is 3.15. The van der Waals surface area contributed by atoms with Crippen molar-refractivity contribution in [3.05, 3.63) is 35.4 Å². The Kier molecular flexibility index (Phi) is 4.33. The summed E-state index contributed by atoms with van der Waals surface area (Å²) in [4.78, 5) is 0. The number of benzene rings is 1. The Morgan fingerprint density at radius 2 is 1.92 bits per heavy atom. The summed E-state index contributed by atoms with van der Waals surface area (Å²) in [5.41, 5.74) is 3.60. The number of hydrogen-bond donors (Lipinski definition) is 1. The van der Waals surface area contributed by atoms with Crippen molar-refractivity contribution in [3.63, 3.8) is 0 Å². The lowest BCUT2D eigenvalue weighted by molar-refractivity contribution is 0.779. The molecule has 0 saturated carbocycles. The second-order valence-electron chi connectivity index (χ2n) is 2.87. The molecule has 0 radical (unpaired) electrons. The monoisotopic (exact) mass is 227 g/mol. The molecule has 0 heterocycles. The summed E-state index contributed by atoms with van der Waals surface area (Å²) in [5, 5.41) is 3.23. The van der Waals surface area contributed by atoms with Crippen LogP contribution in [-0.4, -0.2) is 12.0 Å². The van der Waals surface area contributed by atoms with Gasteiger partial charge in [-0.1, -0.05) is 45.8 Å². The average Bonchev–Trinajstić information content (AvgIpc) is 2.09. The Morgan fingerprint density at radius 1 is 1.25 bits per heavy atom. The van der Waals surface area contributed by atoms with Gasteiger partial charge < -0.3 is 5.32 Å². The Bertz CT molecular complexity index is 218. The van der Waals surface area contributed by atoms with Crippen molar-refractivity contribution in [2.75, 3.05) is 12.0 Å². The lowest BCUT2D eigenvalue weighted by atomic mass is 10.1. The van der Waals surface area contributed by atoms with E-state index in [0.717, 1.165) is 18.4 Å². The second kappa shape index (κ2) is 5.33. The number of rotatable bonds is 4. The van der Waals surface area contributed by atoms with Gasteiger partial charge in [-0.25, -0.2) is 0 Å². The van der Waals surface area contributed by atoms with Gasteiger partial charge in [0.25, 0.3) is 0 Å². The molecule has 1 aromatic rings. The van der Waals surface area contributed by atoms with Crippen molar-refractivity contribution in [1.29, 1.82) is 0 Å². The van der Waals surface area contributed by atoms with Crippen molar-refractivity contribution in [1.82, 2.24) is 5.32 Å². The van der Waals surface area contributed by atoms with Crippen LogP contribution in [0.5, 0.6) is 0 Å². The molecule has 0 unspecified atom stereocenters. The molecule has 0 saturated heterocycles. The van der Waals surface area contributed by atoms with E-state index < -0.39 is 0 Å². The van der Waals surface area contributed by atoms with E-state index >= 15 is 0 Å². The molecule has 0 bridgehead atoms. The van der Waals surface area contributed by atoms with Gasteiger partial charge in [0.15, 0.2) is 0 Å². The van der Waals surface area contributed by atoms with Gasteiger partial charge in [0, 0.05) is 0 Å². The van der Waals surface area contributed by atoms with Gasteiger partial charge >= 0.3 is 0 Å². The van der Waals surface area contributed by atoms with Crippen LogP contribution in [-0.2, 0) is 6.42 Å². The summed E-state index contributed by atoms with van der Waals surface area (Å²) < 4.78 is 0. The molecule has 12 heavy (non-hydrogen) atoms. The van der Waals surface area contributed by atoms with Crippen molar-refractivity contribution in [3.8, 4) is 0 Å². The third kappa shape index (κ3) is 3.37. The van der Waals surface area contributed by atoms with Gasteiger partial charge in [0.05, 0.1) is 5.45 Å². The lowest BCUT2D eigenvalue weighted by Crippen LogP contribution is -2.14. The summed E-state index contributed by atoms with van der Waals surface area (Å²) in [7, 11) is 0. The molecule has 0 aliphatic carbocycles. The smallest absolute Gasteiger partial charge is 0.0517 e. The summed E-state index contributed by atoms with van der Waals surface area (Å²) in [6.07, 6.45) is 1.10. The predicted octanol–water partition coefficient (Wildman–Crippen LogP) is 2.48. The average molecular weight is 228 g/mol. The molecule has 1 nitrogen and oxygen atoms in total. The number of nitrogens with one attached hydrogen (secondary N) is 1. The second-order valence-corrected chi connectivity index (χ2v) is 3.43. The zero-order valence-electron chi connectivity index (χ0n) is 7.31. The highest BCUT2D eigenvalue weighted by Gasteiger charge is 1.90. The van der Waals surface area contributed by atoms with Crippen LogP contribution < -0.4 is 5.32 Å². The topological polar surface area (TPSA) is 12.0 Å². The Labute approximate surface area is 82.3 Å². The Balaban J connectivity index is 2.37. The highest BCUT2D eigenvalue weighted by Crippen LogP contribution is 2.02. The van der Waals surface area contributed by atoms with E-state index in [4.69, 9.17) is 0 Å². The standard InChI is InChI=1S/C10H14BrN/c1-9-2-4-10(5-3-9)6-7-12-8-11/h2-5,12H,6-8H2,1H3. The van der Waals surface area contributed by atoms with E-state index in [1.807, 2.05) is 0 Å². The largest absolute Gasteiger partial charge is 0.307 e. The SMILES string of the molecule is Cc1ccc(CCNCBr)cc1. The highest BCUT2D eigenvalue weighted by atomic mass is 79.9. The van der Waals surface area contributed by atoms with Gasteiger partial charge in [-0.2, -0.15) is 0 Å². The quantitative estimate of drug-likeness (QED) is 0.474. The lowest BCUT2D eigenvalue weighted by Gasteiger charge is -2.01. The van der Waals surface area contributed by atoms with Gasteiger partial charge in [-0.15, -0.1) is 0 Å². The minimum absolute atomic E-state index is 0.874. The van der Waals surface area contributed by atoms with E-state index in [-0.39, 0.29) is 0 Å². The normalized spacial score (nSPS) is 10.2. The molecule has 0 aliphatic rings. The van der Waals surface area contributed by atoms with Gasteiger partial charge in [-0.05, 0) is 25.5 Å². The molecule has 0 amide bonds. The maximum atomic E-state index is 3.32. The van der Waals surface area contributed by atoms with Crippen molar-refractivity contribution >= 4 is 15.9 Å². The molecule has 1 N–H and O–H groups in total. The summed E-state index contributed by atoms with van der Waals surface area (Å²) in [6, 6.07) is 8.68. The maximum absolute atomic E-state index is 3.32. The predicted molar refractivity (Wildman–Crippen MR) is 56.7 cm³/mol. The highest BCUT2D eigenvalue weighted by molar-refractivity contribution is 9.09. The van der Waals surface area contributed by atoms with Crippen LogP contribution in [0.1, 0.15) is 11.1 Å². The first-order chi connectivity index (χ1) is 5.83. The molecule has 0 aliphatic heterocycles. The molecule has 2 heteroatoms. The van der Waals surface area contributed by atoms with E-state index in [1.54, 1.807) is 0 Å². The van der Waals surface area contributed by atoms with Crippen molar-refractivity contribution in [2.45, 2.75) is 13.3 Å². The molecular weight excluding hydrogens is 214 g/mol. The first kappa shape index (κ1) is 9.75. The summed E-state index contributed by atoms with van der Waals surface area (Å²) in [5.74, 6) is 0. The first-order valence-corrected chi connectivity index (χ1v) is 5.27. The van der Waals surface area contributed by atoms with Gasteiger partial charge in [-0.3, -0.25) is 0 Å². The maximum Gasteiger partial charge on any atom is 0.0517 e. The Morgan fingerprint density at radius 3 is 2.50 bits per heavy atom. The molecular formula is C10H14BrN. The van der Waals surface area contributed by atoms with E-state index in [9.17, 15) is 0 Å². The van der Waals surface area contributed by atoms with Crippen LogP contribution in [0, 0.1) is 6.92 Å². The number of hydrogen-bond acceptors (Lipinski definition) is 1. The van der Waals surface area contributed by atoms with Gasteiger partial charge in [0.2, 0.25) is 0 Å². The van der Waals surface area contributed by atoms with Crippen LogP contribution in [0.25, 0.3) is 0 Å². The molecule has 0 aromatic heterocycles. The van der Waals surface area contributed by atoms with Crippen molar-refractivity contribution < 1.29 is 0 Å². The fourth-order valence-electron chi connectivity index (χ4n) is 1.05. The number of halogens is 1. The minimum atomic E-state index is 0.874. The molecule has 0 fully saturated rings. The molecule has 0 spiro atoms. The fraction of sp³-hybridized carbons (Fsp3) is 0.400. The Hall–Kier alpha value is -0.340. The third-order valence-electron chi connectivity index (χ3n) is 1.81. The molecule has 0 atom stereocenters. The first-order valence-electron chi connectivity index (χ1n) is 4.15. The van der Waals surface area contributed by atoms with Crippen LogP contribution in [0.2, 0.25) is 0 Å². The zero-order valence-corrected chi connectivity index (χ0v) is 8.89. The van der Waals surface area contributed by atoms with E-state index in [1.165, 1.54) is 11.1 Å². The molecule has 1 rings (SSSR count). The van der Waals surface area contributed by atoms with E-state index in [2.05, 4.69) is 52.4 Å². The van der Waals surface area contributed by atoms with Crippen molar-refractivity contribution in [2.24, 2.45) is 0 Å². The van der Waals surface area contributed by atoms with Crippen LogP contribution in [0.15, 0.2) is 24.3 Å². The number of aryl methyl sites for hydroxylation is 1. The van der Waals surface area contributed by atoms with Crippen LogP contribution in [0.3, 0.4) is 0 Å². The third-order valence-corrected chi connectivity index (χ3v) is 2.20. The van der Waals surface area contributed by atoms with Crippen LogP contribution >= 0.6 is 15.9 Å². The molecule has 66 valence electrons. The van der Waals surface area contributed by atoms with Gasteiger partial charge in [0.1, 0.15) is 0 Å². The summed E-state index contributed by atoms with van der Waals surface area (Å²) >= 11 is 3.32.